The van der Waals surface area contributed by atoms with E-state index in [9.17, 15) is 23.1 Å². The molecule has 20 heavy (non-hydrogen) atoms. The Bertz CT molecular complexity index is 382. The maximum atomic E-state index is 12.2. The van der Waals surface area contributed by atoms with Gasteiger partial charge < -0.3 is 15.2 Å². The van der Waals surface area contributed by atoms with Gasteiger partial charge in [-0.25, -0.2) is 0 Å². The van der Waals surface area contributed by atoms with Crippen LogP contribution in [-0.2, 0) is 9.53 Å². The van der Waals surface area contributed by atoms with Crippen molar-refractivity contribution in [1.82, 2.24) is 5.32 Å². The zero-order valence-corrected chi connectivity index (χ0v) is 11.1. The number of ether oxygens (including phenoxy) is 1. The standard InChI is InChI=1S/C13H18F3NO3/c1-3-4-5-6-9-7-10(11(18)8(2)20-9)17-12(19)13(14,15)16/h3-5,8-11,18H,1,6-7H2,2H3,(H,17,19)/b5-4+/t8-,9-,10-,11+/m0/s1. The summed E-state index contributed by atoms with van der Waals surface area (Å²) < 4.78 is 42.2. The first-order valence-corrected chi connectivity index (χ1v) is 6.24. The van der Waals surface area contributed by atoms with E-state index in [1.165, 1.54) is 0 Å². The number of hydrogen-bond acceptors (Lipinski definition) is 3. The summed E-state index contributed by atoms with van der Waals surface area (Å²) in [6.45, 7) is 5.06. The zero-order chi connectivity index (χ0) is 15.3. The molecule has 1 amide bonds. The average molecular weight is 293 g/mol. The van der Waals surface area contributed by atoms with Crippen LogP contribution in [0.3, 0.4) is 0 Å². The van der Waals surface area contributed by atoms with Crippen LogP contribution < -0.4 is 5.32 Å². The number of carbonyl (C=O) groups is 1. The predicted octanol–water partition coefficient (Wildman–Crippen LogP) is 1.70. The minimum absolute atomic E-state index is 0.120. The summed E-state index contributed by atoms with van der Waals surface area (Å²) in [5, 5.41) is 11.6. The van der Waals surface area contributed by atoms with Gasteiger partial charge in [-0.3, -0.25) is 4.79 Å². The van der Waals surface area contributed by atoms with Crippen molar-refractivity contribution < 1.29 is 27.8 Å². The number of aliphatic hydroxyl groups excluding tert-OH is 1. The Morgan fingerprint density at radius 1 is 1.55 bits per heavy atom. The molecule has 0 aromatic rings. The number of amides is 1. The number of rotatable bonds is 4. The van der Waals surface area contributed by atoms with Crippen molar-refractivity contribution in [2.24, 2.45) is 0 Å². The number of hydrogen-bond donors (Lipinski definition) is 2. The van der Waals surface area contributed by atoms with E-state index >= 15 is 0 Å². The molecule has 4 nitrogen and oxygen atoms in total. The van der Waals surface area contributed by atoms with Crippen molar-refractivity contribution in [3.05, 3.63) is 24.8 Å². The van der Waals surface area contributed by atoms with E-state index in [1.807, 2.05) is 5.32 Å². The Hall–Kier alpha value is -1.34. The second-order valence-electron chi connectivity index (χ2n) is 4.67. The van der Waals surface area contributed by atoms with Gasteiger partial charge in [0, 0.05) is 0 Å². The van der Waals surface area contributed by atoms with Crippen LogP contribution in [0.25, 0.3) is 0 Å². The minimum atomic E-state index is -4.96. The lowest BCUT2D eigenvalue weighted by molar-refractivity contribution is -0.179. The second-order valence-corrected chi connectivity index (χ2v) is 4.67. The van der Waals surface area contributed by atoms with E-state index < -0.39 is 30.3 Å². The maximum absolute atomic E-state index is 12.2. The lowest BCUT2D eigenvalue weighted by Crippen LogP contribution is -2.56. The fraction of sp³-hybridized carbons (Fsp3) is 0.615. The molecule has 114 valence electrons. The number of alkyl halides is 3. The summed E-state index contributed by atoms with van der Waals surface area (Å²) in [7, 11) is 0. The highest BCUT2D eigenvalue weighted by Gasteiger charge is 2.43. The molecular formula is C13H18F3NO3. The van der Waals surface area contributed by atoms with Gasteiger partial charge in [0.05, 0.1) is 18.2 Å². The maximum Gasteiger partial charge on any atom is 0.471 e. The monoisotopic (exact) mass is 293 g/mol. The Morgan fingerprint density at radius 3 is 2.75 bits per heavy atom. The van der Waals surface area contributed by atoms with Crippen molar-refractivity contribution in [2.75, 3.05) is 0 Å². The predicted molar refractivity (Wildman–Crippen MR) is 66.9 cm³/mol. The third-order valence-electron chi connectivity index (χ3n) is 3.06. The van der Waals surface area contributed by atoms with Crippen molar-refractivity contribution in [3.8, 4) is 0 Å². The first-order valence-electron chi connectivity index (χ1n) is 6.24. The van der Waals surface area contributed by atoms with Crippen LogP contribution in [0, 0.1) is 0 Å². The highest BCUT2D eigenvalue weighted by molar-refractivity contribution is 5.82. The molecule has 0 radical (unpaired) electrons. The quantitative estimate of drug-likeness (QED) is 0.776. The van der Waals surface area contributed by atoms with Gasteiger partial charge in [0.1, 0.15) is 6.10 Å². The molecule has 0 saturated carbocycles. The van der Waals surface area contributed by atoms with Gasteiger partial charge in [-0.2, -0.15) is 13.2 Å². The van der Waals surface area contributed by atoms with Gasteiger partial charge in [0.25, 0.3) is 0 Å². The zero-order valence-electron chi connectivity index (χ0n) is 11.1. The van der Waals surface area contributed by atoms with Crippen molar-refractivity contribution in [1.29, 1.82) is 0 Å². The molecule has 0 bridgehead atoms. The number of allylic oxidation sites excluding steroid dienone is 2. The molecular weight excluding hydrogens is 275 g/mol. The molecule has 0 aliphatic carbocycles. The molecule has 1 rings (SSSR count). The fourth-order valence-electron chi connectivity index (χ4n) is 2.06. The second kappa shape index (κ2) is 6.90. The van der Waals surface area contributed by atoms with Crippen molar-refractivity contribution in [2.45, 2.75) is 50.3 Å². The normalized spacial score (nSPS) is 31.2. The van der Waals surface area contributed by atoms with Crippen LogP contribution in [0.5, 0.6) is 0 Å². The summed E-state index contributed by atoms with van der Waals surface area (Å²) >= 11 is 0. The lowest BCUT2D eigenvalue weighted by Gasteiger charge is -2.38. The van der Waals surface area contributed by atoms with E-state index in [0.29, 0.717) is 6.42 Å². The molecule has 0 aromatic heterocycles. The van der Waals surface area contributed by atoms with Gasteiger partial charge in [-0.1, -0.05) is 24.8 Å². The van der Waals surface area contributed by atoms with Gasteiger partial charge in [0.15, 0.2) is 0 Å². The first-order chi connectivity index (χ1) is 9.25. The van der Waals surface area contributed by atoms with Crippen LogP contribution in [-0.4, -0.2) is 41.5 Å². The molecule has 7 heteroatoms. The average Bonchev–Trinajstić information content (AvgIpc) is 2.34. The molecule has 4 atom stereocenters. The molecule has 0 spiro atoms. The van der Waals surface area contributed by atoms with Crippen molar-refractivity contribution >= 4 is 5.91 Å². The topological polar surface area (TPSA) is 58.6 Å². The Labute approximate surface area is 115 Å². The summed E-state index contributed by atoms with van der Waals surface area (Å²) in [6, 6.07) is -0.977. The molecule has 1 aliphatic heterocycles. The first kappa shape index (κ1) is 16.7. The van der Waals surface area contributed by atoms with Gasteiger partial charge in [-0.05, 0) is 19.8 Å². The summed E-state index contributed by atoms with van der Waals surface area (Å²) in [4.78, 5) is 10.9. The molecule has 1 heterocycles. The van der Waals surface area contributed by atoms with E-state index in [0.717, 1.165) is 0 Å². The largest absolute Gasteiger partial charge is 0.471 e. The molecule has 1 fully saturated rings. The van der Waals surface area contributed by atoms with Crippen molar-refractivity contribution in [3.63, 3.8) is 0 Å². The SMILES string of the molecule is C=C/C=C/C[C@H]1C[C@H](NC(=O)C(F)(F)F)[C@H](O)[C@H](C)O1. The van der Waals surface area contributed by atoms with Crippen LogP contribution in [0.1, 0.15) is 19.8 Å². The number of carbonyl (C=O) groups excluding carboxylic acids is 1. The van der Waals surface area contributed by atoms with Crippen LogP contribution in [0.2, 0.25) is 0 Å². The Balaban J connectivity index is 2.66. The number of halogens is 3. The summed E-state index contributed by atoms with van der Waals surface area (Å²) in [6.07, 6.45) is -1.50. The van der Waals surface area contributed by atoms with Crippen LogP contribution in [0.4, 0.5) is 13.2 Å². The molecule has 1 aliphatic rings. The minimum Gasteiger partial charge on any atom is -0.388 e. The Morgan fingerprint density at radius 2 is 2.20 bits per heavy atom. The highest BCUT2D eigenvalue weighted by Crippen LogP contribution is 2.24. The summed E-state index contributed by atoms with van der Waals surface area (Å²) in [5.74, 6) is -2.05. The van der Waals surface area contributed by atoms with E-state index in [-0.39, 0.29) is 12.5 Å². The third kappa shape index (κ3) is 4.64. The number of aliphatic hydroxyl groups is 1. The molecule has 2 N–H and O–H groups in total. The number of nitrogens with one attached hydrogen (secondary N) is 1. The van der Waals surface area contributed by atoms with Gasteiger partial charge in [0.2, 0.25) is 0 Å². The van der Waals surface area contributed by atoms with Gasteiger partial charge in [-0.15, -0.1) is 0 Å². The smallest absolute Gasteiger partial charge is 0.388 e. The highest BCUT2D eigenvalue weighted by atomic mass is 19.4. The molecule has 0 unspecified atom stereocenters. The van der Waals surface area contributed by atoms with E-state index in [4.69, 9.17) is 4.74 Å². The van der Waals surface area contributed by atoms with Crippen LogP contribution >= 0.6 is 0 Å². The van der Waals surface area contributed by atoms with E-state index in [2.05, 4.69) is 6.58 Å². The van der Waals surface area contributed by atoms with E-state index in [1.54, 1.807) is 25.2 Å². The third-order valence-corrected chi connectivity index (χ3v) is 3.06. The summed E-state index contributed by atoms with van der Waals surface area (Å²) in [5.41, 5.74) is 0. The molecule has 0 aromatic carbocycles. The van der Waals surface area contributed by atoms with Gasteiger partial charge >= 0.3 is 12.1 Å². The fourth-order valence-corrected chi connectivity index (χ4v) is 2.06. The lowest BCUT2D eigenvalue weighted by atomic mass is 9.94. The van der Waals surface area contributed by atoms with Crippen LogP contribution in [0.15, 0.2) is 24.8 Å². The Kier molecular flexibility index (Phi) is 5.76. The molecule has 1 saturated heterocycles.